The minimum absolute atomic E-state index is 0.0237. The van der Waals surface area contributed by atoms with Crippen molar-refractivity contribution in [3.05, 3.63) is 194 Å². The van der Waals surface area contributed by atoms with E-state index in [1.54, 1.807) is 74.0 Å². The topological polar surface area (TPSA) is 238 Å². The number of esters is 1. The molecule has 2 fully saturated rings. The molecule has 0 bridgehead atoms. The number of ether oxygens (including phenoxy) is 4. The molecule has 4 unspecified atom stereocenters. The van der Waals surface area contributed by atoms with Gasteiger partial charge in [0.25, 0.3) is 0 Å². The Morgan fingerprint density at radius 2 is 0.854 bits per heavy atom. The first-order valence-electron chi connectivity index (χ1n) is 29.3. The molecule has 17 nitrogen and oxygen atoms in total. The Labute approximate surface area is 510 Å². The molecule has 472 valence electrons. The number of nitrogens with zero attached hydrogens (tertiary/aromatic N) is 6. The van der Waals surface area contributed by atoms with Gasteiger partial charge in [-0.15, -0.1) is 0 Å². The van der Waals surface area contributed by atoms with E-state index in [-0.39, 0.29) is 78.0 Å². The van der Waals surface area contributed by atoms with Gasteiger partial charge in [-0.05, 0) is 164 Å². The smallest absolute Gasteiger partial charge is 0.357 e. The number of nitrogens with two attached hydrogens (primary N) is 3. The summed E-state index contributed by atoms with van der Waals surface area (Å²) in [5.74, 6) is -4.43. The Morgan fingerprint density at radius 3 is 1.20 bits per heavy atom. The van der Waals surface area contributed by atoms with E-state index in [4.69, 9.17) is 36.1 Å². The number of halogens is 6. The summed E-state index contributed by atoms with van der Waals surface area (Å²) in [7, 11) is 0. The number of hydrogen-bond donors (Lipinski definition) is 4. The highest BCUT2D eigenvalue weighted by Crippen LogP contribution is 2.32. The molecule has 0 spiro atoms. The summed E-state index contributed by atoms with van der Waals surface area (Å²) in [5, 5.41) is 9.31. The first-order chi connectivity index (χ1) is 42.4. The number of aryl methyl sites for hydroxylation is 6. The van der Waals surface area contributed by atoms with E-state index in [9.17, 15) is 45.8 Å². The van der Waals surface area contributed by atoms with Gasteiger partial charge in [0.2, 0.25) is 0 Å². The van der Waals surface area contributed by atoms with Crippen molar-refractivity contribution in [1.82, 2.24) is 28.2 Å². The Kier molecular flexibility index (Phi) is 21.9. The number of ketones is 1. The molecular weight excluding hydrogens is 1160 g/mol. The molecule has 0 radical (unpaired) electrons. The number of carbonyl (C=O) groups is 3. The van der Waals surface area contributed by atoms with E-state index in [0.717, 1.165) is 60.9 Å². The predicted molar refractivity (Wildman–Crippen MR) is 322 cm³/mol. The lowest BCUT2D eigenvalue weighted by Gasteiger charge is -2.26. The minimum atomic E-state index is -1.11. The van der Waals surface area contributed by atoms with Crippen LogP contribution in [0.25, 0.3) is 16.9 Å². The quantitative estimate of drug-likeness (QED) is 0.0424. The molecule has 3 aromatic carbocycles. The average Bonchev–Trinajstić information content (AvgIpc) is 1.88. The van der Waals surface area contributed by atoms with Gasteiger partial charge in [-0.3, -0.25) is 18.0 Å². The number of aromatic nitrogens is 6. The van der Waals surface area contributed by atoms with Gasteiger partial charge in [-0.1, -0.05) is 31.0 Å². The normalized spacial score (nSPS) is 16.4. The minimum Gasteiger partial charge on any atom is -0.485 e. The summed E-state index contributed by atoms with van der Waals surface area (Å²) < 4.78 is 110. The van der Waals surface area contributed by atoms with E-state index in [1.807, 2.05) is 20.0 Å². The third-order valence-electron chi connectivity index (χ3n) is 15.3. The van der Waals surface area contributed by atoms with Gasteiger partial charge < -0.3 is 41.3 Å². The lowest BCUT2D eigenvalue weighted by atomic mass is 9.83. The third-order valence-corrected chi connectivity index (χ3v) is 15.3. The van der Waals surface area contributed by atoms with Crippen LogP contribution in [0.3, 0.4) is 0 Å². The van der Waals surface area contributed by atoms with Crippen LogP contribution in [0.1, 0.15) is 147 Å². The summed E-state index contributed by atoms with van der Waals surface area (Å²) in [5.41, 5.74) is 22.6. The second-order valence-corrected chi connectivity index (χ2v) is 22.5. The molecule has 23 heteroatoms. The molecule has 11 rings (SSSR count). The molecule has 7 N–H and O–H groups in total. The number of carboxylic acids is 1. The molecule has 2 aliphatic rings. The summed E-state index contributed by atoms with van der Waals surface area (Å²) in [6.45, 7) is 11.6. The van der Waals surface area contributed by atoms with Crippen LogP contribution in [0.2, 0.25) is 0 Å². The van der Waals surface area contributed by atoms with Crippen LogP contribution in [-0.4, -0.2) is 75.7 Å². The number of carboxylic acid groups (broad SMARTS) is 1. The second-order valence-electron chi connectivity index (χ2n) is 22.5. The average molecular weight is 1230 g/mol. The van der Waals surface area contributed by atoms with Crippen LogP contribution in [-0.2, 0) is 24.6 Å². The highest BCUT2D eigenvalue weighted by atomic mass is 19.2. The van der Waals surface area contributed by atoms with Gasteiger partial charge in [0.15, 0.2) is 51.4 Å². The lowest BCUT2D eigenvalue weighted by molar-refractivity contribution is 0.0516. The number of carbonyl (C=O) groups excluding carboxylic acids is 2. The summed E-state index contributed by atoms with van der Waals surface area (Å²) in [4.78, 5) is 49.9. The van der Waals surface area contributed by atoms with Crippen molar-refractivity contribution in [1.29, 1.82) is 0 Å². The summed E-state index contributed by atoms with van der Waals surface area (Å²) in [6, 6.07) is 17.0. The van der Waals surface area contributed by atoms with Gasteiger partial charge in [0.1, 0.15) is 60.4 Å². The van der Waals surface area contributed by atoms with Crippen LogP contribution >= 0.6 is 0 Å². The van der Waals surface area contributed by atoms with Crippen molar-refractivity contribution in [2.75, 3.05) is 6.61 Å². The van der Waals surface area contributed by atoms with Gasteiger partial charge >= 0.3 is 11.9 Å². The fourth-order valence-electron chi connectivity index (χ4n) is 11.0. The van der Waals surface area contributed by atoms with Crippen LogP contribution in [0.15, 0.2) is 91.4 Å². The van der Waals surface area contributed by atoms with E-state index >= 15 is 0 Å². The monoisotopic (exact) mass is 1230 g/mol. The number of hydrogen-bond acceptors (Lipinski definition) is 13. The first kappa shape index (κ1) is 66.2. The van der Waals surface area contributed by atoms with Gasteiger partial charge in [-0.2, -0.15) is 0 Å². The lowest BCUT2D eigenvalue weighted by Crippen LogP contribution is -2.35. The molecule has 9 aromatic rings. The van der Waals surface area contributed by atoms with Crippen LogP contribution < -0.4 is 31.4 Å². The van der Waals surface area contributed by atoms with Gasteiger partial charge in [-0.25, -0.2) is 50.9 Å². The molecule has 2 saturated carbocycles. The Morgan fingerprint density at radius 1 is 0.517 bits per heavy atom. The SMILES string of the molecule is CCOC(=O)c1c(C)nc2c(OCc3c(F)cccc3F)cc(C)cn12.Cc1cc(OCc2c(F)cccc2F)c2nc(C)c(C(=O)CC3CCCC(N)C3)n2c1.Cc1cc(OCc2c(F)cccc2F)c2nc(C)c(C(=O)O)n2c1.NC1CCCC(N)C1. The molecule has 6 aromatic heterocycles. The van der Waals surface area contributed by atoms with Crippen molar-refractivity contribution < 1.29 is 64.8 Å². The van der Waals surface area contributed by atoms with E-state index in [0.29, 0.717) is 69.8 Å². The van der Waals surface area contributed by atoms with E-state index < -0.39 is 46.8 Å². The highest BCUT2D eigenvalue weighted by molar-refractivity contribution is 5.97. The maximum Gasteiger partial charge on any atom is 0.357 e. The van der Waals surface area contributed by atoms with Gasteiger partial charge in [0.05, 0.1) is 40.4 Å². The molecular formula is C66H73F6N9O8. The molecule has 0 aliphatic heterocycles. The Hall–Kier alpha value is -8.80. The fraction of sp³-hybridized carbons (Fsp3) is 0.364. The summed E-state index contributed by atoms with van der Waals surface area (Å²) in [6.07, 6.45) is 14.2. The molecule has 4 atom stereocenters. The number of benzene rings is 3. The third kappa shape index (κ3) is 16.1. The zero-order valence-electron chi connectivity index (χ0n) is 50.7. The fourth-order valence-corrected chi connectivity index (χ4v) is 11.0. The molecule has 89 heavy (non-hydrogen) atoms. The highest BCUT2D eigenvalue weighted by Gasteiger charge is 2.27. The number of Topliss-reactive ketones (excluding diaryl/α,β-unsaturated/α-hetero) is 1. The van der Waals surface area contributed by atoms with Crippen LogP contribution in [0.4, 0.5) is 26.3 Å². The van der Waals surface area contributed by atoms with Crippen molar-refractivity contribution in [3.8, 4) is 17.2 Å². The first-order valence-corrected chi connectivity index (χ1v) is 29.3. The molecule has 2 aliphatic carbocycles. The molecule has 6 heterocycles. The number of aromatic carboxylic acids is 1. The van der Waals surface area contributed by atoms with Crippen LogP contribution in [0.5, 0.6) is 17.2 Å². The Bertz CT molecular complexity index is 3970. The van der Waals surface area contributed by atoms with Crippen molar-refractivity contribution >= 4 is 34.7 Å². The predicted octanol–water partition coefficient (Wildman–Crippen LogP) is 12.6. The zero-order valence-corrected chi connectivity index (χ0v) is 50.7. The molecule has 0 saturated heterocycles. The summed E-state index contributed by atoms with van der Waals surface area (Å²) >= 11 is 0. The maximum atomic E-state index is 14.0. The van der Waals surface area contributed by atoms with E-state index in [1.165, 1.54) is 66.1 Å². The number of pyridine rings is 3. The van der Waals surface area contributed by atoms with Crippen molar-refractivity contribution in [2.45, 2.75) is 144 Å². The van der Waals surface area contributed by atoms with Crippen LogP contribution in [0, 0.1) is 82.4 Å². The zero-order chi connectivity index (χ0) is 64.4. The van der Waals surface area contributed by atoms with Gasteiger partial charge in [0, 0.05) is 43.1 Å². The standard InChI is InChI=1S/C24H27F2N3O2.C19H18F2N2O3.C17H14F2N2O3.C6H14N2/c1-14-9-22(31-13-18-19(25)7-4-8-20(18)26)24-28-15(2)23(29(24)12-14)21(30)11-16-5-3-6-17(27)10-16;1-4-25-19(24)17-12(3)22-18-16(8-11(2)9-23(17)18)26-10-13-14(20)6-5-7-15(13)21;1-9-6-14(24-8-11-12(18)4-3-5-13(11)19)16-20-10(2)15(17(22)23)21(16)7-9;7-5-2-1-3-6(8)4-5/h4,7-9,12,16-17H,3,5-6,10-11,13,27H2,1-2H3;5-9H,4,10H2,1-3H3;3-7H,8H2,1-2H3,(H,22,23);5-6H,1-4,7-8H2. The van der Waals surface area contributed by atoms with Crippen molar-refractivity contribution in [3.63, 3.8) is 0 Å². The largest absolute Gasteiger partial charge is 0.485 e. The second kappa shape index (κ2) is 29.5. The number of rotatable bonds is 15. The maximum absolute atomic E-state index is 14.0. The Balaban J connectivity index is 0.000000163. The molecule has 0 amide bonds. The van der Waals surface area contributed by atoms with E-state index in [2.05, 4.69) is 15.0 Å². The number of fused-ring (bicyclic) bond motifs is 3. The number of imidazole rings is 3. The van der Waals surface area contributed by atoms with Crippen molar-refractivity contribution in [2.24, 2.45) is 23.1 Å².